The quantitative estimate of drug-likeness (QED) is 0.362. The van der Waals surface area contributed by atoms with Gasteiger partial charge in [-0.25, -0.2) is 0 Å². The van der Waals surface area contributed by atoms with E-state index in [1.807, 2.05) is 0 Å². The third kappa shape index (κ3) is 4.00. The van der Waals surface area contributed by atoms with Crippen molar-refractivity contribution >= 4 is 0 Å². The standard InChI is InChI=1S/C30H32O/c1-30(2)27-18-17-24(28(30)21-27)19-20-31-29(25-11-7-4-8-12-25)26-15-13-23(14-16-26)22-9-5-3-6-10-22/h3-17,27-29H,18-21H2,1-2H3/t27-,28-,29?/m1/s1. The molecular weight excluding hydrogens is 376 g/mol. The maximum atomic E-state index is 6.56. The minimum Gasteiger partial charge on any atom is -0.368 e. The van der Waals surface area contributed by atoms with E-state index >= 15 is 0 Å². The number of allylic oxidation sites excluding steroid dienone is 1. The van der Waals surface area contributed by atoms with Gasteiger partial charge in [0.15, 0.2) is 0 Å². The van der Waals surface area contributed by atoms with E-state index in [0.29, 0.717) is 5.41 Å². The molecule has 158 valence electrons. The van der Waals surface area contributed by atoms with E-state index in [0.717, 1.165) is 24.9 Å². The number of rotatable bonds is 7. The molecule has 3 aromatic carbocycles. The molecule has 0 spiro atoms. The monoisotopic (exact) mass is 408 g/mol. The lowest BCUT2D eigenvalue weighted by molar-refractivity contribution is -0.0125. The third-order valence-corrected chi connectivity index (χ3v) is 7.68. The average Bonchev–Trinajstić information content (AvgIpc) is 2.83. The van der Waals surface area contributed by atoms with Crippen LogP contribution in [0.2, 0.25) is 0 Å². The number of hydrogen-bond donors (Lipinski definition) is 0. The molecule has 3 atom stereocenters. The first-order valence-electron chi connectivity index (χ1n) is 11.6. The molecular formula is C30H32O. The lowest BCUT2D eigenvalue weighted by Gasteiger charge is -2.56. The molecule has 1 saturated carbocycles. The molecule has 6 rings (SSSR count). The first kappa shape index (κ1) is 20.3. The van der Waals surface area contributed by atoms with Crippen LogP contribution in [0.5, 0.6) is 0 Å². The van der Waals surface area contributed by atoms with Crippen LogP contribution in [0.25, 0.3) is 11.1 Å². The molecule has 31 heavy (non-hydrogen) atoms. The van der Waals surface area contributed by atoms with Gasteiger partial charge in [0.1, 0.15) is 6.10 Å². The molecule has 1 fully saturated rings. The van der Waals surface area contributed by atoms with E-state index in [4.69, 9.17) is 4.74 Å². The lowest BCUT2D eigenvalue weighted by atomic mass is 9.48. The van der Waals surface area contributed by atoms with Crippen LogP contribution in [-0.4, -0.2) is 6.61 Å². The molecule has 0 aliphatic heterocycles. The second-order valence-corrected chi connectivity index (χ2v) is 9.72. The molecule has 3 aliphatic carbocycles. The molecule has 3 aromatic rings. The highest BCUT2D eigenvalue weighted by Crippen LogP contribution is 2.59. The fourth-order valence-electron chi connectivity index (χ4n) is 5.55. The van der Waals surface area contributed by atoms with Gasteiger partial charge in [0.25, 0.3) is 0 Å². The van der Waals surface area contributed by atoms with Crippen molar-refractivity contribution in [1.82, 2.24) is 0 Å². The molecule has 0 aromatic heterocycles. The molecule has 1 unspecified atom stereocenters. The number of hydrogen-bond acceptors (Lipinski definition) is 1. The summed E-state index contributed by atoms with van der Waals surface area (Å²) in [5, 5.41) is 0. The van der Waals surface area contributed by atoms with Crippen LogP contribution in [0.4, 0.5) is 0 Å². The van der Waals surface area contributed by atoms with Gasteiger partial charge in [-0.2, -0.15) is 0 Å². The van der Waals surface area contributed by atoms with Gasteiger partial charge in [-0.3, -0.25) is 0 Å². The van der Waals surface area contributed by atoms with Gasteiger partial charge in [-0.05, 0) is 58.8 Å². The van der Waals surface area contributed by atoms with Gasteiger partial charge in [0.05, 0.1) is 6.61 Å². The molecule has 3 aliphatic rings. The highest BCUT2D eigenvalue weighted by Gasteiger charge is 2.50. The van der Waals surface area contributed by atoms with Crippen LogP contribution < -0.4 is 0 Å². The number of benzene rings is 3. The molecule has 0 radical (unpaired) electrons. The van der Waals surface area contributed by atoms with Crippen molar-refractivity contribution in [2.75, 3.05) is 6.61 Å². The van der Waals surface area contributed by atoms with E-state index in [2.05, 4.69) is 105 Å². The van der Waals surface area contributed by atoms with E-state index in [1.54, 1.807) is 5.57 Å². The van der Waals surface area contributed by atoms with Crippen molar-refractivity contribution < 1.29 is 4.74 Å². The summed E-state index contributed by atoms with van der Waals surface area (Å²) in [4.78, 5) is 0. The highest BCUT2D eigenvalue weighted by molar-refractivity contribution is 5.63. The van der Waals surface area contributed by atoms with E-state index < -0.39 is 0 Å². The molecule has 0 amide bonds. The molecule has 1 nitrogen and oxygen atoms in total. The lowest BCUT2D eigenvalue weighted by Crippen LogP contribution is -2.48. The van der Waals surface area contributed by atoms with Crippen molar-refractivity contribution in [3.8, 4) is 11.1 Å². The second kappa shape index (κ2) is 8.48. The van der Waals surface area contributed by atoms with E-state index in [-0.39, 0.29) is 6.10 Å². The summed E-state index contributed by atoms with van der Waals surface area (Å²) >= 11 is 0. The van der Waals surface area contributed by atoms with Crippen LogP contribution >= 0.6 is 0 Å². The zero-order chi connectivity index (χ0) is 21.3. The highest BCUT2D eigenvalue weighted by atomic mass is 16.5. The van der Waals surface area contributed by atoms with Gasteiger partial charge in [0, 0.05) is 0 Å². The Balaban J connectivity index is 1.32. The zero-order valence-corrected chi connectivity index (χ0v) is 18.6. The molecule has 0 heterocycles. The molecule has 1 heteroatoms. The van der Waals surface area contributed by atoms with Crippen LogP contribution in [-0.2, 0) is 4.74 Å². The summed E-state index contributed by atoms with van der Waals surface area (Å²) < 4.78 is 6.56. The normalized spacial score (nSPS) is 22.3. The number of fused-ring (bicyclic) bond motifs is 1. The van der Waals surface area contributed by atoms with Gasteiger partial charge >= 0.3 is 0 Å². The molecule has 0 saturated heterocycles. The third-order valence-electron chi connectivity index (χ3n) is 7.68. The average molecular weight is 409 g/mol. The Hall–Kier alpha value is -2.64. The predicted octanol–water partition coefficient (Wildman–Crippen LogP) is 7.84. The minimum atomic E-state index is -0.0302. The van der Waals surface area contributed by atoms with Gasteiger partial charge in [-0.15, -0.1) is 0 Å². The van der Waals surface area contributed by atoms with Crippen molar-refractivity contribution in [3.63, 3.8) is 0 Å². The Kier molecular flexibility index (Phi) is 5.54. The fourth-order valence-corrected chi connectivity index (χ4v) is 5.55. The Morgan fingerprint density at radius 1 is 0.806 bits per heavy atom. The second-order valence-electron chi connectivity index (χ2n) is 9.72. The smallest absolute Gasteiger partial charge is 0.108 e. The van der Waals surface area contributed by atoms with Crippen LogP contribution in [0.1, 0.15) is 50.3 Å². The maximum Gasteiger partial charge on any atom is 0.108 e. The first-order chi connectivity index (χ1) is 15.1. The summed E-state index contributed by atoms with van der Waals surface area (Å²) in [5.41, 5.74) is 7.03. The number of ether oxygens (including phenoxy) is 1. The molecule has 2 bridgehead atoms. The largest absolute Gasteiger partial charge is 0.368 e. The van der Waals surface area contributed by atoms with Gasteiger partial charge < -0.3 is 4.74 Å². The van der Waals surface area contributed by atoms with Crippen molar-refractivity contribution in [1.29, 1.82) is 0 Å². The maximum absolute atomic E-state index is 6.56. The summed E-state index contributed by atoms with van der Waals surface area (Å²) in [5.74, 6) is 1.65. The molecule has 0 N–H and O–H groups in total. The van der Waals surface area contributed by atoms with E-state index in [1.165, 1.54) is 35.1 Å². The topological polar surface area (TPSA) is 9.23 Å². The summed E-state index contributed by atoms with van der Waals surface area (Å²) in [6.45, 7) is 5.66. The zero-order valence-electron chi connectivity index (χ0n) is 18.6. The summed E-state index contributed by atoms with van der Waals surface area (Å²) in [7, 11) is 0. The van der Waals surface area contributed by atoms with Gasteiger partial charge in [-0.1, -0.05) is 110 Å². The SMILES string of the molecule is CC1(C)[C@@H]2CC=C(CCOC(c3ccccc3)c3ccc(-c4ccccc4)cc3)[C@H]1C2. The van der Waals surface area contributed by atoms with E-state index in [9.17, 15) is 0 Å². The summed E-state index contributed by atoms with van der Waals surface area (Å²) in [6.07, 6.45) is 6.15. The van der Waals surface area contributed by atoms with Crippen molar-refractivity contribution in [2.24, 2.45) is 17.3 Å². The fraction of sp³-hybridized carbons (Fsp3) is 0.333. The summed E-state index contributed by atoms with van der Waals surface area (Å²) in [6, 6.07) is 30.0. The Morgan fingerprint density at radius 2 is 1.42 bits per heavy atom. The Labute approximate surface area is 186 Å². The predicted molar refractivity (Wildman–Crippen MR) is 129 cm³/mol. The minimum absolute atomic E-state index is 0.0302. The Bertz CT molecular complexity index is 1030. The van der Waals surface area contributed by atoms with Crippen molar-refractivity contribution in [3.05, 3.63) is 108 Å². The van der Waals surface area contributed by atoms with Crippen LogP contribution in [0.3, 0.4) is 0 Å². The van der Waals surface area contributed by atoms with Crippen LogP contribution in [0.15, 0.2) is 96.6 Å². The van der Waals surface area contributed by atoms with Crippen molar-refractivity contribution in [2.45, 2.75) is 39.2 Å². The first-order valence-corrected chi connectivity index (χ1v) is 11.6. The Morgan fingerprint density at radius 3 is 2.06 bits per heavy atom. The van der Waals surface area contributed by atoms with Gasteiger partial charge in [0.2, 0.25) is 0 Å². The van der Waals surface area contributed by atoms with Crippen LogP contribution in [0, 0.1) is 17.3 Å².